The zero-order valence-corrected chi connectivity index (χ0v) is 25.4. The largest absolute Gasteiger partial charge is 0.356 e. The quantitative estimate of drug-likeness (QED) is 0.0745. The molecule has 0 spiro atoms. The molecule has 2 atom stereocenters. The van der Waals surface area contributed by atoms with Gasteiger partial charge >= 0.3 is 0 Å². The van der Waals surface area contributed by atoms with Crippen molar-refractivity contribution < 1.29 is 9.59 Å². The number of Topliss-reactive ketones (excluding diaryl/α,β-unsaturated/α-hetero) is 1. The number of carbonyl (C=O) groups excluding carboxylic acids is 2. The summed E-state index contributed by atoms with van der Waals surface area (Å²) in [5.74, 6) is -1.18. The first-order valence-corrected chi connectivity index (χ1v) is 17.4. The predicted octanol–water partition coefficient (Wildman–Crippen LogP) is 7.17. The van der Waals surface area contributed by atoms with Gasteiger partial charge in [-0.1, -0.05) is 125 Å². The molecule has 204 valence electrons. The van der Waals surface area contributed by atoms with Gasteiger partial charge in [-0.2, -0.15) is 0 Å². The summed E-state index contributed by atoms with van der Waals surface area (Å²) in [7, 11) is -2.36. The Kier molecular flexibility index (Phi) is 7.55. The van der Waals surface area contributed by atoms with Gasteiger partial charge in [-0.25, -0.2) is 9.97 Å². The smallest absolute Gasteiger partial charge is 0.229 e. The molecule has 2 heterocycles. The monoisotopic (exact) mass is 565 g/mol. The van der Waals surface area contributed by atoms with Crippen LogP contribution >= 0.6 is 11.8 Å². The third-order valence-corrected chi connectivity index (χ3v) is 15.8. The minimum absolute atomic E-state index is 0.0979. The van der Waals surface area contributed by atoms with Crippen molar-refractivity contribution in [3.05, 3.63) is 132 Å². The van der Waals surface area contributed by atoms with Crippen LogP contribution in [0.2, 0.25) is 18.1 Å². The van der Waals surface area contributed by atoms with Crippen molar-refractivity contribution in [3.8, 4) is 0 Å². The molecule has 1 amide bonds. The second-order valence-electron chi connectivity index (χ2n) is 11.7. The summed E-state index contributed by atoms with van der Waals surface area (Å²) in [6, 6.07) is 32.8. The SMILES string of the molecule is CC(C)(C)[Si](C)(C)N1C(=O)C(C(=O)c2ccncn2)C1SC(c1ccccc1)(c1ccccc1)c1ccccc1. The lowest BCUT2D eigenvalue weighted by atomic mass is 9.84. The summed E-state index contributed by atoms with van der Waals surface area (Å²) in [6.07, 6.45) is 2.92. The van der Waals surface area contributed by atoms with Gasteiger partial charge in [0.25, 0.3) is 0 Å². The molecule has 5 rings (SSSR count). The molecule has 2 unspecified atom stereocenters. The Bertz CT molecular complexity index is 1380. The van der Waals surface area contributed by atoms with Gasteiger partial charge in [0.2, 0.25) is 5.91 Å². The summed E-state index contributed by atoms with van der Waals surface area (Å²) < 4.78 is 1.41. The highest BCUT2D eigenvalue weighted by atomic mass is 32.2. The zero-order valence-electron chi connectivity index (χ0n) is 23.6. The third kappa shape index (κ3) is 4.71. The number of benzene rings is 3. The maximum absolute atomic E-state index is 14.1. The van der Waals surface area contributed by atoms with Crippen LogP contribution in [0.4, 0.5) is 0 Å². The number of thioether (sulfide) groups is 1. The van der Waals surface area contributed by atoms with Crippen LogP contribution in [0.5, 0.6) is 0 Å². The highest BCUT2D eigenvalue weighted by molar-refractivity contribution is 8.01. The van der Waals surface area contributed by atoms with Crippen molar-refractivity contribution >= 4 is 31.7 Å². The lowest BCUT2D eigenvalue weighted by molar-refractivity contribution is -0.140. The molecule has 5 nitrogen and oxygen atoms in total. The molecule has 0 bridgehead atoms. The van der Waals surface area contributed by atoms with Crippen LogP contribution in [-0.2, 0) is 9.54 Å². The summed E-state index contributed by atoms with van der Waals surface area (Å²) in [6.45, 7) is 11.1. The van der Waals surface area contributed by atoms with Crippen molar-refractivity contribution in [2.45, 2.75) is 49.0 Å². The average molecular weight is 566 g/mol. The third-order valence-electron chi connectivity index (χ3n) is 8.44. The number of aromatic nitrogens is 2. The summed E-state index contributed by atoms with van der Waals surface area (Å²) in [5, 5.41) is -0.476. The van der Waals surface area contributed by atoms with E-state index in [9.17, 15) is 9.59 Å². The second kappa shape index (κ2) is 10.8. The topological polar surface area (TPSA) is 63.2 Å². The van der Waals surface area contributed by atoms with E-state index in [0.29, 0.717) is 0 Å². The van der Waals surface area contributed by atoms with E-state index in [1.54, 1.807) is 24.0 Å². The van der Waals surface area contributed by atoms with E-state index in [1.165, 1.54) is 6.33 Å². The molecule has 40 heavy (non-hydrogen) atoms. The summed E-state index contributed by atoms with van der Waals surface area (Å²) in [4.78, 5) is 36.2. The molecular weight excluding hydrogens is 531 g/mol. The number of carbonyl (C=O) groups is 2. The Hall–Kier alpha value is -3.55. The first-order valence-electron chi connectivity index (χ1n) is 13.6. The normalized spacial score (nSPS) is 17.8. The molecule has 3 aromatic carbocycles. The minimum Gasteiger partial charge on any atom is -0.356 e. The molecular formula is C33H35N3O2SSi. The van der Waals surface area contributed by atoms with Crippen LogP contribution in [0.1, 0.15) is 48.0 Å². The zero-order chi connectivity index (χ0) is 28.5. The Balaban J connectivity index is 1.73. The van der Waals surface area contributed by atoms with Gasteiger partial charge in [-0.3, -0.25) is 9.59 Å². The Morgan fingerprint density at radius 1 is 0.800 bits per heavy atom. The maximum atomic E-state index is 14.1. The summed E-state index contributed by atoms with van der Waals surface area (Å²) >= 11 is 1.70. The molecule has 0 radical (unpaired) electrons. The standard InChI is InChI=1S/C33H35N3O2SSi/c1-32(2,3)40(4,5)36-30(38)28(29(37)27-21-22-34-23-35-27)31(36)39-33(24-15-9-6-10-16-24,25-17-11-7-12-18-25)26-19-13-8-14-20-26/h6-23,28,31H,1-5H3. The Morgan fingerprint density at radius 3 is 1.68 bits per heavy atom. The number of amides is 1. The lowest BCUT2D eigenvalue weighted by Gasteiger charge is -2.59. The number of ketones is 1. The number of hydrogen-bond donors (Lipinski definition) is 0. The van der Waals surface area contributed by atoms with Crippen molar-refractivity contribution in [1.29, 1.82) is 0 Å². The van der Waals surface area contributed by atoms with E-state index >= 15 is 0 Å². The van der Waals surface area contributed by atoms with Gasteiger partial charge in [0.05, 0.1) is 10.1 Å². The van der Waals surface area contributed by atoms with Crippen LogP contribution in [0.15, 0.2) is 110 Å². The lowest BCUT2D eigenvalue weighted by Crippen LogP contribution is -2.73. The Morgan fingerprint density at radius 2 is 1.27 bits per heavy atom. The Labute approximate surface area is 242 Å². The average Bonchev–Trinajstić information content (AvgIpc) is 2.96. The highest BCUT2D eigenvalue weighted by Gasteiger charge is 2.62. The number of nitrogens with zero attached hydrogens (tertiary/aromatic N) is 3. The van der Waals surface area contributed by atoms with E-state index < -0.39 is 18.9 Å². The van der Waals surface area contributed by atoms with Crippen LogP contribution in [-0.4, -0.2) is 39.8 Å². The van der Waals surface area contributed by atoms with Crippen molar-refractivity contribution in [1.82, 2.24) is 14.5 Å². The van der Waals surface area contributed by atoms with Crippen molar-refractivity contribution in [2.75, 3.05) is 0 Å². The molecule has 1 fully saturated rings. The fraction of sp³-hybridized carbons (Fsp3) is 0.273. The van der Waals surface area contributed by atoms with E-state index in [1.807, 2.05) is 18.2 Å². The maximum Gasteiger partial charge on any atom is 0.229 e. The molecule has 1 aliphatic rings. The van der Waals surface area contributed by atoms with Crippen LogP contribution in [0, 0.1) is 5.92 Å². The number of β-lactam (4-membered cyclic amide) rings is 1. The first-order chi connectivity index (χ1) is 19.1. The van der Waals surface area contributed by atoms with Gasteiger partial charge < -0.3 is 4.57 Å². The second-order valence-corrected chi connectivity index (χ2v) is 18.2. The van der Waals surface area contributed by atoms with Crippen molar-refractivity contribution in [3.63, 3.8) is 0 Å². The summed E-state index contributed by atoms with van der Waals surface area (Å²) in [5.41, 5.74) is 3.57. The van der Waals surface area contributed by atoms with E-state index in [2.05, 4.69) is 121 Å². The molecule has 1 saturated heterocycles. The first kappa shape index (κ1) is 28.0. The van der Waals surface area contributed by atoms with Gasteiger partial charge in [0, 0.05) is 6.20 Å². The predicted molar refractivity (Wildman–Crippen MR) is 164 cm³/mol. The van der Waals surface area contributed by atoms with Crippen molar-refractivity contribution in [2.24, 2.45) is 5.92 Å². The number of rotatable bonds is 8. The fourth-order valence-corrected chi connectivity index (χ4v) is 10.2. The molecule has 1 aromatic heterocycles. The fourth-order valence-electron chi connectivity index (χ4n) is 5.28. The minimum atomic E-state index is -2.36. The molecule has 7 heteroatoms. The van der Waals surface area contributed by atoms with E-state index in [-0.39, 0.29) is 27.8 Å². The molecule has 4 aromatic rings. The van der Waals surface area contributed by atoms with E-state index in [0.717, 1.165) is 16.7 Å². The molecule has 0 saturated carbocycles. The number of hydrogen-bond acceptors (Lipinski definition) is 5. The van der Waals surface area contributed by atoms with Crippen LogP contribution in [0.25, 0.3) is 0 Å². The van der Waals surface area contributed by atoms with Gasteiger partial charge in [-0.15, -0.1) is 11.8 Å². The van der Waals surface area contributed by atoms with Gasteiger partial charge in [0.1, 0.15) is 17.9 Å². The van der Waals surface area contributed by atoms with Gasteiger partial charge in [0.15, 0.2) is 14.0 Å². The van der Waals surface area contributed by atoms with Gasteiger partial charge in [-0.05, 0) is 27.8 Å². The van der Waals surface area contributed by atoms with Crippen LogP contribution in [0.3, 0.4) is 0 Å². The van der Waals surface area contributed by atoms with Crippen LogP contribution < -0.4 is 0 Å². The highest BCUT2D eigenvalue weighted by Crippen LogP contribution is 2.57. The molecule has 0 aliphatic carbocycles. The molecule has 1 aliphatic heterocycles. The molecule has 0 N–H and O–H groups in total. The van der Waals surface area contributed by atoms with E-state index in [4.69, 9.17) is 0 Å².